The van der Waals surface area contributed by atoms with Crippen LogP contribution in [0, 0.1) is 11.7 Å². The van der Waals surface area contributed by atoms with Gasteiger partial charge in [0, 0.05) is 28.5 Å². The molecule has 186 valence electrons. The van der Waals surface area contributed by atoms with Crippen LogP contribution in [0.3, 0.4) is 0 Å². The van der Waals surface area contributed by atoms with Crippen molar-refractivity contribution in [3.05, 3.63) is 94.8 Å². The van der Waals surface area contributed by atoms with Crippen LogP contribution >= 0.6 is 0 Å². The van der Waals surface area contributed by atoms with Gasteiger partial charge in [-0.2, -0.15) is 0 Å². The number of para-hydroxylation sites is 2. The molecule has 3 aromatic carbocycles. The maximum atomic E-state index is 14.7. The zero-order chi connectivity index (χ0) is 25.5. The van der Waals surface area contributed by atoms with Gasteiger partial charge in [-0.1, -0.05) is 43.3 Å². The number of hydrogen-bond acceptors (Lipinski definition) is 4. The van der Waals surface area contributed by atoms with Crippen molar-refractivity contribution in [2.75, 3.05) is 17.2 Å². The van der Waals surface area contributed by atoms with Crippen LogP contribution < -0.4 is 10.6 Å². The van der Waals surface area contributed by atoms with Crippen LogP contribution in [0.4, 0.5) is 15.8 Å². The van der Waals surface area contributed by atoms with E-state index in [1.54, 1.807) is 0 Å². The number of rotatable bonds is 3. The van der Waals surface area contributed by atoms with Crippen LogP contribution in [0.15, 0.2) is 66.7 Å². The monoisotopic (exact) mass is 495 g/mol. The lowest BCUT2D eigenvalue weighted by Gasteiger charge is -2.38. The molecule has 6 nitrogen and oxygen atoms in total. The first-order valence-corrected chi connectivity index (χ1v) is 12.9. The summed E-state index contributed by atoms with van der Waals surface area (Å²) in [6.45, 7) is 2.63. The summed E-state index contributed by atoms with van der Waals surface area (Å²) in [5.74, 6) is -2.34. The van der Waals surface area contributed by atoms with Gasteiger partial charge < -0.3 is 10.6 Å². The van der Waals surface area contributed by atoms with E-state index in [4.69, 9.17) is 0 Å². The van der Waals surface area contributed by atoms with E-state index >= 15 is 0 Å². The lowest BCUT2D eigenvalue weighted by Crippen LogP contribution is -2.55. The Morgan fingerprint density at radius 1 is 0.973 bits per heavy atom. The third-order valence-electron chi connectivity index (χ3n) is 9.02. The summed E-state index contributed by atoms with van der Waals surface area (Å²) in [7, 11) is 0. The Morgan fingerprint density at radius 2 is 1.73 bits per heavy atom. The number of carbonyl (C=O) groups excluding carboxylic acids is 3. The van der Waals surface area contributed by atoms with Gasteiger partial charge in [0.15, 0.2) is 5.78 Å². The number of amides is 2. The van der Waals surface area contributed by atoms with Gasteiger partial charge in [-0.3, -0.25) is 19.3 Å². The van der Waals surface area contributed by atoms with E-state index < -0.39 is 22.7 Å². The molecule has 0 radical (unpaired) electrons. The molecule has 2 saturated heterocycles. The summed E-state index contributed by atoms with van der Waals surface area (Å²) in [4.78, 5) is 45.3. The quantitative estimate of drug-likeness (QED) is 0.528. The van der Waals surface area contributed by atoms with Gasteiger partial charge >= 0.3 is 0 Å². The van der Waals surface area contributed by atoms with Crippen molar-refractivity contribution >= 4 is 29.0 Å². The van der Waals surface area contributed by atoms with Crippen molar-refractivity contribution < 1.29 is 18.8 Å². The minimum Gasteiger partial charge on any atom is -0.325 e. The molecular weight excluding hydrogens is 469 g/mol. The van der Waals surface area contributed by atoms with Gasteiger partial charge in [-0.15, -0.1) is 0 Å². The van der Waals surface area contributed by atoms with Crippen LogP contribution in [0.1, 0.15) is 46.8 Å². The molecule has 7 rings (SSSR count). The SMILES string of the molecule is CCc1cccc2c1NC(=O)C21C(C(=O)c2ccc(F)cc2)C2(C(=O)Nc3ccccc32)C2CCCN21. The molecule has 2 N–H and O–H groups in total. The molecule has 2 amide bonds. The second-order valence-corrected chi connectivity index (χ2v) is 10.4. The Labute approximate surface area is 213 Å². The lowest BCUT2D eigenvalue weighted by atomic mass is 9.60. The third kappa shape index (κ3) is 2.55. The molecule has 0 bridgehead atoms. The first-order chi connectivity index (χ1) is 17.9. The lowest BCUT2D eigenvalue weighted by molar-refractivity contribution is -0.128. The molecule has 37 heavy (non-hydrogen) atoms. The van der Waals surface area contributed by atoms with E-state index in [-0.39, 0.29) is 29.2 Å². The standard InChI is InChI=1S/C30H26FN3O3/c1-2-17-7-5-9-21-24(17)33-28(37)30(21)26(25(35)18-12-14-19(31)15-13-18)29(23-11-6-16-34(23)30)20-8-3-4-10-22(20)32-27(29)36/h3-5,7-10,12-15,23,26H,2,6,11,16H2,1H3,(H,32,36)(H,33,37). The molecule has 4 atom stereocenters. The number of aryl methyl sites for hydroxylation is 1. The van der Waals surface area contributed by atoms with Gasteiger partial charge in [0.05, 0.1) is 5.92 Å². The maximum absolute atomic E-state index is 14.7. The van der Waals surface area contributed by atoms with Gasteiger partial charge in [-0.05, 0) is 67.3 Å². The number of Topliss-reactive ketones (excluding diaryl/α,β-unsaturated/α-hetero) is 1. The van der Waals surface area contributed by atoms with Crippen molar-refractivity contribution in [1.29, 1.82) is 0 Å². The Hall–Kier alpha value is -3.84. The number of carbonyl (C=O) groups is 3. The van der Waals surface area contributed by atoms with Crippen molar-refractivity contribution in [2.45, 2.75) is 43.2 Å². The van der Waals surface area contributed by atoms with E-state index in [1.807, 2.05) is 49.4 Å². The van der Waals surface area contributed by atoms with E-state index in [2.05, 4.69) is 15.5 Å². The van der Waals surface area contributed by atoms with E-state index in [0.29, 0.717) is 25.1 Å². The Balaban J connectivity index is 1.58. The van der Waals surface area contributed by atoms with Crippen LogP contribution in [0.25, 0.3) is 0 Å². The molecule has 0 aliphatic carbocycles. The van der Waals surface area contributed by atoms with Crippen LogP contribution in [0.5, 0.6) is 0 Å². The molecule has 2 spiro atoms. The Kier molecular flexibility index (Phi) is 4.59. The minimum absolute atomic E-state index is 0.254. The average Bonchev–Trinajstić information content (AvgIpc) is 3.63. The molecule has 4 unspecified atom stereocenters. The zero-order valence-electron chi connectivity index (χ0n) is 20.4. The maximum Gasteiger partial charge on any atom is 0.250 e. The fraction of sp³-hybridized carbons (Fsp3) is 0.300. The highest BCUT2D eigenvalue weighted by Crippen LogP contribution is 2.66. The molecule has 0 saturated carbocycles. The molecule has 2 fully saturated rings. The summed E-state index contributed by atoms with van der Waals surface area (Å²) < 4.78 is 13.9. The molecule has 4 aliphatic heterocycles. The van der Waals surface area contributed by atoms with E-state index in [9.17, 15) is 18.8 Å². The molecule has 0 aromatic heterocycles. The predicted octanol–water partition coefficient (Wildman–Crippen LogP) is 4.40. The third-order valence-corrected chi connectivity index (χ3v) is 9.02. The largest absolute Gasteiger partial charge is 0.325 e. The number of ketones is 1. The number of nitrogens with zero attached hydrogens (tertiary/aromatic N) is 1. The number of halogens is 1. The topological polar surface area (TPSA) is 78.5 Å². The van der Waals surface area contributed by atoms with Gasteiger partial charge in [0.1, 0.15) is 16.8 Å². The normalized spacial score (nSPS) is 29.4. The summed E-state index contributed by atoms with van der Waals surface area (Å²) in [6.07, 6.45) is 2.22. The summed E-state index contributed by atoms with van der Waals surface area (Å²) in [6, 6.07) is 18.4. The predicted molar refractivity (Wildman–Crippen MR) is 137 cm³/mol. The van der Waals surface area contributed by atoms with Gasteiger partial charge in [-0.25, -0.2) is 4.39 Å². The highest BCUT2D eigenvalue weighted by molar-refractivity contribution is 6.19. The minimum atomic E-state index is -1.36. The fourth-order valence-corrected chi connectivity index (χ4v) is 7.71. The van der Waals surface area contributed by atoms with Crippen LogP contribution in [-0.4, -0.2) is 35.1 Å². The number of benzene rings is 3. The summed E-state index contributed by atoms with van der Waals surface area (Å²) in [5, 5.41) is 6.17. The smallest absolute Gasteiger partial charge is 0.250 e. The first-order valence-electron chi connectivity index (χ1n) is 12.9. The average molecular weight is 496 g/mol. The Morgan fingerprint density at radius 3 is 2.51 bits per heavy atom. The molecule has 4 aliphatic rings. The van der Waals surface area contributed by atoms with Crippen molar-refractivity contribution in [3.8, 4) is 0 Å². The highest BCUT2D eigenvalue weighted by Gasteiger charge is 2.78. The number of anilines is 2. The van der Waals surface area contributed by atoms with E-state index in [0.717, 1.165) is 28.8 Å². The second-order valence-electron chi connectivity index (χ2n) is 10.4. The highest BCUT2D eigenvalue weighted by atomic mass is 19.1. The first kappa shape index (κ1) is 22.4. The molecule has 4 heterocycles. The second kappa shape index (κ2) is 7.59. The zero-order valence-corrected chi connectivity index (χ0v) is 20.4. The Bertz CT molecular complexity index is 1500. The molecule has 7 heteroatoms. The van der Waals surface area contributed by atoms with E-state index in [1.165, 1.54) is 24.3 Å². The number of nitrogens with one attached hydrogen (secondary N) is 2. The molecular formula is C30H26FN3O3. The number of fused-ring (bicyclic) bond motifs is 7. The fourth-order valence-electron chi connectivity index (χ4n) is 7.71. The van der Waals surface area contributed by atoms with Crippen molar-refractivity contribution in [2.24, 2.45) is 5.92 Å². The van der Waals surface area contributed by atoms with Gasteiger partial charge in [0.25, 0.3) is 0 Å². The van der Waals surface area contributed by atoms with Crippen LogP contribution in [-0.2, 0) is 27.0 Å². The van der Waals surface area contributed by atoms with Crippen molar-refractivity contribution in [1.82, 2.24) is 4.90 Å². The number of hydrogen-bond donors (Lipinski definition) is 2. The summed E-state index contributed by atoms with van der Waals surface area (Å²) in [5.41, 5.74) is 1.57. The van der Waals surface area contributed by atoms with Gasteiger partial charge in [0.2, 0.25) is 11.8 Å². The summed E-state index contributed by atoms with van der Waals surface area (Å²) >= 11 is 0. The van der Waals surface area contributed by atoms with Crippen molar-refractivity contribution in [3.63, 3.8) is 0 Å². The molecule has 3 aromatic rings. The van der Waals surface area contributed by atoms with Crippen LogP contribution in [0.2, 0.25) is 0 Å².